The van der Waals surface area contributed by atoms with Crippen molar-refractivity contribution in [1.29, 1.82) is 0 Å². The fraction of sp³-hybridized carbons (Fsp3) is 0.227. The number of hydrogen-bond donors (Lipinski definition) is 1. The number of ether oxygens (including phenoxy) is 1. The van der Waals surface area contributed by atoms with Gasteiger partial charge in [-0.15, -0.1) is 0 Å². The zero-order valence-corrected chi connectivity index (χ0v) is 16.4. The lowest BCUT2D eigenvalue weighted by atomic mass is 9.97. The first-order chi connectivity index (χ1) is 13.3. The minimum absolute atomic E-state index is 0.141. The van der Waals surface area contributed by atoms with Crippen LogP contribution in [-0.2, 0) is 4.79 Å². The number of aromatic nitrogens is 2. The van der Waals surface area contributed by atoms with Crippen LogP contribution >= 0.6 is 0 Å². The second-order valence-electron chi connectivity index (χ2n) is 6.70. The molecular formula is C22H23N3O3. The normalized spacial score (nSPS) is 13.1. The largest absolute Gasteiger partial charge is 0.496 e. The number of nitrogens with zero attached hydrogens (tertiary/aromatic N) is 2. The summed E-state index contributed by atoms with van der Waals surface area (Å²) in [5, 5.41) is 0.804. The van der Waals surface area contributed by atoms with E-state index >= 15 is 0 Å². The van der Waals surface area contributed by atoms with Crippen LogP contribution in [0.25, 0.3) is 16.5 Å². The number of methoxy groups -OCH3 is 1. The van der Waals surface area contributed by atoms with Gasteiger partial charge in [-0.25, -0.2) is 0 Å². The molecule has 1 atom stereocenters. The number of fused-ring (bicyclic) bond motifs is 1. The molecule has 0 radical (unpaired) electrons. The third kappa shape index (κ3) is 3.41. The van der Waals surface area contributed by atoms with Crippen LogP contribution in [0.5, 0.6) is 5.75 Å². The Balaban J connectivity index is 2.32. The van der Waals surface area contributed by atoms with Gasteiger partial charge >= 0.3 is 0 Å². The highest BCUT2D eigenvalue weighted by atomic mass is 16.5. The molecule has 2 heterocycles. The standard InChI is InChI=1S/C22H23N3O3/c1-13(23)22(15(3)26)17-11-16-8-9-21(27)25(19(16)12-20(17)28-4)14(2)18-7-5-6-10-24-18/h5-12,14H,23H2,1-4H3. The number of carbonyl (C=O) groups excluding carboxylic acids is 1. The number of carbonyl (C=O) groups is 1. The molecule has 2 aromatic heterocycles. The van der Waals surface area contributed by atoms with E-state index in [-0.39, 0.29) is 17.4 Å². The van der Waals surface area contributed by atoms with Crippen molar-refractivity contribution in [2.45, 2.75) is 26.8 Å². The molecule has 6 nitrogen and oxygen atoms in total. The van der Waals surface area contributed by atoms with Crippen molar-refractivity contribution >= 4 is 22.3 Å². The van der Waals surface area contributed by atoms with Gasteiger partial charge < -0.3 is 10.5 Å². The van der Waals surface area contributed by atoms with Crippen LogP contribution in [0.2, 0.25) is 0 Å². The van der Waals surface area contributed by atoms with E-state index in [9.17, 15) is 9.59 Å². The highest BCUT2D eigenvalue weighted by Gasteiger charge is 2.19. The molecule has 0 bridgehead atoms. The topological polar surface area (TPSA) is 87.2 Å². The average molecular weight is 377 g/mol. The molecular weight excluding hydrogens is 354 g/mol. The summed E-state index contributed by atoms with van der Waals surface area (Å²) < 4.78 is 7.22. The Morgan fingerprint density at radius 2 is 1.93 bits per heavy atom. The maximum absolute atomic E-state index is 12.7. The van der Waals surface area contributed by atoms with Crippen molar-refractivity contribution in [3.63, 3.8) is 0 Å². The van der Waals surface area contributed by atoms with E-state index in [1.54, 1.807) is 29.8 Å². The van der Waals surface area contributed by atoms with Crippen LogP contribution in [0, 0.1) is 0 Å². The number of pyridine rings is 2. The Kier molecular flexibility index (Phi) is 5.31. The fourth-order valence-corrected chi connectivity index (χ4v) is 3.49. The summed E-state index contributed by atoms with van der Waals surface area (Å²) in [4.78, 5) is 29.2. The fourth-order valence-electron chi connectivity index (χ4n) is 3.49. The van der Waals surface area contributed by atoms with E-state index in [0.29, 0.717) is 28.1 Å². The second-order valence-corrected chi connectivity index (χ2v) is 6.70. The number of rotatable bonds is 5. The minimum Gasteiger partial charge on any atom is -0.496 e. The van der Waals surface area contributed by atoms with Crippen LogP contribution in [0.15, 0.2) is 59.2 Å². The van der Waals surface area contributed by atoms with E-state index < -0.39 is 0 Å². The van der Waals surface area contributed by atoms with Gasteiger partial charge in [-0.2, -0.15) is 0 Å². The molecule has 0 spiro atoms. The lowest BCUT2D eigenvalue weighted by Crippen LogP contribution is -2.24. The third-order valence-corrected chi connectivity index (χ3v) is 4.77. The molecule has 0 saturated carbocycles. The van der Waals surface area contributed by atoms with Crippen LogP contribution in [0.3, 0.4) is 0 Å². The molecule has 0 saturated heterocycles. The molecule has 1 aromatic carbocycles. The van der Waals surface area contributed by atoms with Gasteiger partial charge in [0.15, 0.2) is 5.78 Å². The predicted octanol–water partition coefficient (Wildman–Crippen LogP) is 3.29. The molecule has 0 fully saturated rings. The van der Waals surface area contributed by atoms with E-state index in [1.807, 2.05) is 31.2 Å². The molecule has 1 unspecified atom stereocenters. The number of benzene rings is 1. The molecule has 0 amide bonds. The smallest absolute Gasteiger partial charge is 0.251 e. The molecule has 144 valence electrons. The SMILES string of the molecule is COc1cc2c(ccc(=O)n2C(C)c2ccccn2)cc1C(C(C)=O)=C(C)N. The van der Waals surface area contributed by atoms with Gasteiger partial charge in [0.1, 0.15) is 5.75 Å². The number of hydrogen-bond acceptors (Lipinski definition) is 5. The Morgan fingerprint density at radius 1 is 1.18 bits per heavy atom. The Bertz CT molecular complexity index is 1130. The molecule has 28 heavy (non-hydrogen) atoms. The molecule has 2 N–H and O–H groups in total. The number of allylic oxidation sites excluding steroid dienone is 2. The molecule has 3 rings (SSSR count). The Morgan fingerprint density at radius 3 is 2.50 bits per heavy atom. The maximum Gasteiger partial charge on any atom is 0.251 e. The number of Topliss-reactive ketones (excluding diaryl/α,β-unsaturated/α-hetero) is 1. The van der Waals surface area contributed by atoms with E-state index in [0.717, 1.165) is 11.1 Å². The van der Waals surface area contributed by atoms with Crippen molar-refractivity contribution in [2.75, 3.05) is 7.11 Å². The van der Waals surface area contributed by atoms with Gasteiger partial charge in [-0.1, -0.05) is 6.07 Å². The van der Waals surface area contributed by atoms with Gasteiger partial charge in [0, 0.05) is 35.2 Å². The monoisotopic (exact) mass is 377 g/mol. The molecule has 0 aliphatic heterocycles. The quantitative estimate of drug-likeness (QED) is 0.690. The summed E-state index contributed by atoms with van der Waals surface area (Å²) in [6.07, 6.45) is 1.70. The Labute approximate surface area is 163 Å². The zero-order chi connectivity index (χ0) is 20.4. The van der Waals surface area contributed by atoms with Crippen molar-refractivity contribution in [3.8, 4) is 5.75 Å². The molecule has 0 aliphatic carbocycles. The summed E-state index contributed by atoms with van der Waals surface area (Å²) in [6, 6.07) is 12.2. The van der Waals surface area contributed by atoms with Gasteiger partial charge in [0.05, 0.1) is 24.4 Å². The van der Waals surface area contributed by atoms with Crippen molar-refractivity contribution < 1.29 is 9.53 Å². The summed E-state index contributed by atoms with van der Waals surface area (Å²) in [6.45, 7) is 5.08. The predicted molar refractivity (Wildman–Crippen MR) is 110 cm³/mol. The highest BCUT2D eigenvalue weighted by Crippen LogP contribution is 2.33. The van der Waals surface area contributed by atoms with Gasteiger partial charge in [0.2, 0.25) is 0 Å². The van der Waals surface area contributed by atoms with E-state index in [4.69, 9.17) is 10.5 Å². The lowest BCUT2D eigenvalue weighted by Gasteiger charge is -2.20. The average Bonchev–Trinajstić information content (AvgIpc) is 2.67. The van der Waals surface area contributed by atoms with Crippen molar-refractivity contribution in [2.24, 2.45) is 5.73 Å². The van der Waals surface area contributed by atoms with Crippen LogP contribution in [0.4, 0.5) is 0 Å². The second kappa shape index (κ2) is 7.68. The van der Waals surface area contributed by atoms with Crippen molar-refractivity contribution in [1.82, 2.24) is 9.55 Å². The molecule has 0 aliphatic rings. The summed E-state index contributed by atoms with van der Waals surface area (Å²) in [7, 11) is 1.53. The first-order valence-corrected chi connectivity index (χ1v) is 8.97. The van der Waals surface area contributed by atoms with Gasteiger partial charge in [0.25, 0.3) is 5.56 Å². The first kappa shape index (κ1) is 19.4. The summed E-state index contributed by atoms with van der Waals surface area (Å²) in [5.74, 6) is 0.336. The van der Waals surface area contributed by atoms with E-state index in [1.165, 1.54) is 20.1 Å². The number of nitrogens with two attached hydrogens (primary N) is 1. The Hall–Kier alpha value is -3.41. The first-order valence-electron chi connectivity index (χ1n) is 8.97. The zero-order valence-electron chi connectivity index (χ0n) is 16.4. The lowest BCUT2D eigenvalue weighted by molar-refractivity contribution is -0.111. The van der Waals surface area contributed by atoms with Gasteiger partial charge in [-0.3, -0.25) is 19.1 Å². The maximum atomic E-state index is 12.7. The number of ketones is 1. The highest BCUT2D eigenvalue weighted by molar-refractivity contribution is 6.21. The molecule has 3 aromatic rings. The summed E-state index contributed by atoms with van der Waals surface area (Å²) in [5.41, 5.74) is 8.73. The summed E-state index contributed by atoms with van der Waals surface area (Å²) >= 11 is 0. The van der Waals surface area contributed by atoms with Crippen LogP contribution in [0.1, 0.15) is 38.1 Å². The van der Waals surface area contributed by atoms with E-state index in [2.05, 4.69) is 4.98 Å². The van der Waals surface area contributed by atoms with Crippen molar-refractivity contribution in [3.05, 3.63) is 76.0 Å². The minimum atomic E-state index is -0.271. The van der Waals surface area contributed by atoms with Gasteiger partial charge in [-0.05, 0) is 50.4 Å². The van der Waals surface area contributed by atoms with Crippen LogP contribution in [-0.4, -0.2) is 22.4 Å². The molecule has 6 heteroatoms. The van der Waals surface area contributed by atoms with Crippen LogP contribution < -0.4 is 16.0 Å². The third-order valence-electron chi connectivity index (χ3n) is 4.77.